The fourth-order valence-corrected chi connectivity index (χ4v) is 3.04. The van der Waals surface area contributed by atoms with Gasteiger partial charge in [0.15, 0.2) is 0 Å². The highest BCUT2D eigenvalue weighted by Gasteiger charge is 2.22. The van der Waals surface area contributed by atoms with Crippen LogP contribution in [0.25, 0.3) is 0 Å². The molecule has 0 radical (unpaired) electrons. The SMILES string of the molecule is Clc1cccc(Cl)c1CC1NCc2ccccc21. The van der Waals surface area contributed by atoms with Crippen molar-refractivity contribution in [3.8, 4) is 0 Å². The first-order chi connectivity index (χ1) is 8.75. The van der Waals surface area contributed by atoms with Crippen molar-refractivity contribution in [2.24, 2.45) is 0 Å². The van der Waals surface area contributed by atoms with Gasteiger partial charge >= 0.3 is 0 Å². The molecule has 3 heteroatoms. The van der Waals surface area contributed by atoms with Gasteiger partial charge in [0.25, 0.3) is 0 Å². The Hall–Kier alpha value is -1.02. The maximum Gasteiger partial charge on any atom is 0.0453 e. The zero-order valence-corrected chi connectivity index (χ0v) is 11.3. The molecular formula is C15H13Cl2N. The van der Waals surface area contributed by atoms with Crippen molar-refractivity contribution >= 4 is 23.2 Å². The smallest absolute Gasteiger partial charge is 0.0453 e. The second-order valence-electron chi connectivity index (χ2n) is 4.54. The van der Waals surface area contributed by atoms with E-state index in [0.29, 0.717) is 6.04 Å². The molecular weight excluding hydrogens is 265 g/mol. The number of halogens is 2. The van der Waals surface area contributed by atoms with Crippen molar-refractivity contribution in [2.45, 2.75) is 19.0 Å². The summed E-state index contributed by atoms with van der Waals surface area (Å²) in [5.41, 5.74) is 3.74. The normalized spacial score (nSPS) is 17.8. The summed E-state index contributed by atoms with van der Waals surface area (Å²) in [6, 6.07) is 14.5. The van der Waals surface area contributed by atoms with Crippen LogP contribution in [0, 0.1) is 0 Å². The fourth-order valence-electron chi connectivity index (χ4n) is 2.49. The molecule has 2 aromatic carbocycles. The molecule has 0 bridgehead atoms. The predicted molar refractivity (Wildman–Crippen MR) is 76.2 cm³/mol. The molecule has 0 aliphatic carbocycles. The first-order valence-electron chi connectivity index (χ1n) is 6.00. The lowest BCUT2D eigenvalue weighted by molar-refractivity contribution is 0.581. The molecule has 92 valence electrons. The van der Waals surface area contributed by atoms with Crippen molar-refractivity contribution in [2.75, 3.05) is 0 Å². The van der Waals surface area contributed by atoms with Gasteiger partial charge in [-0.15, -0.1) is 0 Å². The first kappa shape index (κ1) is 12.0. The first-order valence-corrected chi connectivity index (χ1v) is 6.75. The molecule has 0 aromatic heterocycles. The van der Waals surface area contributed by atoms with Crippen LogP contribution in [0.4, 0.5) is 0 Å². The highest BCUT2D eigenvalue weighted by Crippen LogP contribution is 2.33. The van der Waals surface area contributed by atoms with E-state index in [4.69, 9.17) is 23.2 Å². The highest BCUT2D eigenvalue weighted by molar-refractivity contribution is 6.36. The Morgan fingerprint density at radius 2 is 1.72 bits per heavy atom. The second kappa shape index (κ2) is 4.93. The van der Waals surface area contributed by atoms with E-state index in [-0.39, 0.29) is 0 Å². The molecule has 0 saturated heterocycles. The topological polar surface area (TPSA) is 12.0 Å². The van der Waals surface area contributed by atoms with Gasteiger partial charge in [0, 0.05) is 22.6 Å². The summed E-state index contributed by atoms with van der Waals surface area (Å²) in [5, 5.41) is 5.00. The third kappa shape index (κ3) is 2.14. The van der Waals surface area contributed by atoms with E-state index in [9.17, 15) is 0 Å². The molecule has 1 aliphatic heterocycles. The lowest BCUT2D eigenvalue weighted by atomic mass is 9.99. The van der Waals surface area contributed by atoms with Crippen LogP contribution in [0.1, 0.15) is 22.7 Å². The Morgan fingerprint density at radius 1 is 1.00 bits per heavy atom. The van der Waals surface area contributed by atoms with Gasteiger partial charge in [0.1, 0.15) is 0 Å². The Bertz CT molecular complexity index is 560. The molecule has 1 N–H and O–H groups in total. The zero-order chi connectivity index (χ0) is 12.5. The third-order valence-corrected chi connectivity index (χ3v) is 4.15. The molecule has 1 heterocycles. The summed E-state index contributed by atoms with van der Waals surface area (Å²) in [7, 11) is 0. The lowest BCUT2D eigenvalue weighted by Gasteiger charge is -2.14. The number of benzene rings is 2. The van der Waals surface area contributed by atoms with E-state index < -0.39 is 0 Å². The van der Waals surface area contributed by atoms with Gasteiger partial charge in [-0.3, -0.25) is 0 Å². The van der Waals surface area contributed by atoms with Crippen LogP contribution in [0.5, 0.6) is 0 Å². The van der Waals surface area contributed by atoms with Crippen molar-refractivity contribution in [3.05, 3.63) is 69.2 Å². The van der Waals surface area contributed by atoms with Crippen molar-refractivity contribution in [1.82, 2.24) is 5.32 Å². The lowest BCUT2D eigenvalue weighted by Crippen LogP contribution is -2.15. The molecule has 2 aromatic rings. The van der Waals surface area contributed by atoms with E-state index in [1.54, 1.807) is 0 Å². The highest BCUT2D eigenvalue weighted by atomic mass is 35.5. The van der Waals surface area contributed by atoms with Gasteiger partial charge in [0.2, 0.25) is 0 Å². The molecule has 0 amide bonds. The minimum atomic E-state index is 0.304. The van der Waals surface area contributed by atoms with E-state index in [2.05, 4.69) is 29.6 Å². The molecule has 0 saturated carbocycles. The standard InChI is InChI=1S/C15H13Cl2N/c16-13-6-3-7-14(17)12(13)8-15-11-5-2-1-4-10(11)9-18-15/h1-7,15,18H,8-9H2. The fraction of sp³-hybridized carbons (Fsp3) is 0.200. The third-order valence-electron chi connectivity index (χ3n) is 3.44. The zero-order valence-electron chi connectivity index (χ0n) is 9.79. The number of hydrogen-bond acceptors (Lipinski definition) is 1. The summed E-state index contributed by atoms with van der Waals surface area (Å²) in [6.45, 7) is 0.920. The monoisotopic (exact) mass is 277 g/mol. The minimum Gasteiger partial charge on any atom is -0.306 e. The molecule has 0 fully saturated rings. The Morgan fingerprint density at radius 3 is 2.50 bits per heavy atom. The van der Waals surface area contributed by atoms with Crippen LogP contribution in [-0.2, 0) is 13.0 Å². The van der Waals surface area contributed by atoms with Gasteiger partial charge in [-0.05, 0) is 35.2 Å². The van der Waals surface area contributed by atoms with E-state index in [0.717, 1.165) is 28.6 Å². The maximum absolute atomic E-state index is 6.22. The molecule has 1 aliphatic rings. The number of nitrogens with one attached hydrogen (secondary N) is 1. The van der Waals surface area contributed by atoms with Crippen LogP contribution in [0.15, 0.2) is 42.5 Å². The van der Waals surface area contributed by atoms with Gasteiger partial charge < -0.3 is 5.32 Å². The van der Waals surface area contributed by atoms with Crippen molar-refractivity contribution < 1.29 is 0 Å². The van der Waals surface area contributed by atoms with Crippen molar-refractivity contribution in [1.29, 1.82) is 0 Å². The number of fused-ring (bicyclic) bond motifs is 1. The van der Waals surface area contributed by atoms with Crippen LogP contribution >= 0.6 is 23.2 Å². The van der Waals surface area contributed by atoms with Crippen LogP contribution in [-0.4, -0.2) is 0 Å². The summed E-state index contributed by atoms with van der Waals surface area (Å²) in [4.78, 5) is 0. The van der Waals surface area contributed by atoms with Gasteiger partial charge in [-0.1, -0.05) is 53.5 Å². The molecule has 1 atom stereocenters. The summed E-state index contributed by atoms with van der Waals surface area (Å²) in [6.07, 6.45) is 0.829. The summed E-state index contributed by atoms with van der Waals surface area (Å²) in [5.74, 6) is 0. The summed E-state index contributed by atoms with van der Waals surface area (Å²) >= 11 is 12.4. The molecule has 3 rings (SSSR count). The second-order valence-corrected chi connectivity index (χ2v) is 5.35. The Labute approximate surface area is 117 Å². The van der Waals surface area contributed by atoms with E-state index in [1.165, 1.54) is 11.1 Å². The largest absolute Gasteiger partial charge is 0.306 e. The molecule has 0 spiro atoms. The number of hydrogen-bond donors (Lipinski definition) is 1. The molecule has 18 heavy (non-hydrogen) atoms. The molecule has 1 nitrogen and oxygen atoms in total. The number of rotatable bonds is 2. The minimum absolute atomic E-state index is 0.304. The van der Waals surface area contributed by atoms with Gasteiger partial charge in [-0.2, -0.15) is 0 Å². The molecule has 1 unspecified atom stereocenters. The Kier molecular flexibility index (Phi) is 3.29. The van der Waals surface area contributed by atoms with Crippen molar-refractivity contribution in [3.63, 3.8) is 0 Å². The van der Waals surface area contributed by atoms with E-state index in [1.807, 2.05) is 18.2 Å². The predicted octanol–water partition coefficient (Wildman–Crippen LogP) is 4.38. The van der Waals surface area contributed by atoms with Crippen LogP contribution < -0.4 is 5.32 Å². The quantitative estimate of drug-likeness (QED) is 0.859. The average molecular weight is 278 g/mol. The van der Waals surface area contributed by atoms with E-state index >= 15 is 0 Å². The van der Waals surface area contributed by atoms with Gasteiger partial charge in [-0.25, -0.2) is 0 Å². The van der Waals surface area contributed by atoms with Gasteiger partial charge in [0.05, 0.1) is 0 Å². The summed E-state index contributed by atoms with van der Waals surface area (Å²) < 4.78 is 0. The van der Waals surface area contributed by atoms with Crippen LogP contribution in [0.3, 0.4) is 0 Å². The Balaban J connectivity index is 1.91. The van der Waals surface area contributed by atoms with Crippen LogP contribution in [0.2, 0.25) is 10.0 Å². The maximum atomic E-state index is 6.22. The average Bonchev–Trinajstić information content (AvgIpc) is 2.77.